The quantitative estimate of drug-likeness (QED) is 0.0222. The molecule has 0 fully saturated rings. The largest absolute Gasteiger partial charge is 0.472 e. The first-order valence-electron chi connectivity index (χ1n) is 47.5. The van der Waals surface area contributed by atoms with Crippen molar-refractivity contribution in [3.8, 4) is 0 Å². The molecule has 3 N–H and O–H groups in total. The van der Waals surface area contributed by atoms with E-state index in [2.05, 4.69) is 41.5 Å². The summed E-state index contributed by atoms with van der Waals surface area (Å²) in [5, 5.41) is 10.7. The Morgan fingerprint density at radius 2 is 0.414 bits per heavy atom. The summed E-state index contributed by atoms with van der Waals surface area (Å²) >= 11 is 0. The minimum Gasteiger partial charge on any atom is -0.462 e. The van der Waals surface area contributed by atoms with E-state index in [0.717, 1.165) is 115 Å². The highest BCUT2D eigenvalue weighted by Crippen LogP contribution is 2.45. The van der Waals surface area contributed by atoms with Crippen LogP contribution in [0.3, 0.4) is 0 Å². The van der Waals surface area contributed by atoms with Gasteiger partial charge in [-0.25, -0.2) is 9.13 Å². The maximum absolute atomic E-state index is 13.2. The van der Waals surface area contributed by atoms with Crippen molar-refractivity contribution in [2.24, 2.45) is 11.8 Å². The number of aliphatic hydroxyl groups is 1. The second-order valence-electron chi connectivity index (χ2n) is 34.0. The smallest absolute Gasteiger partial charge is 0.462 e. The molecule has 0 amide bonds. The Morgan fingerprint density at radius 1 is 0.243 bits per heavy atom. The predicted octanol–water partition coefficient (Wildman–Crippen LogP) is 28.6. The van der Waals surface area contributed by atoms with Crippen molar-refractivity contribution in [3.63, 3.8) is 0 Å². The van der Waals surface area contributed by atoms with E-state index >= 15 is 0 Å². The number of aliphatic hydroxyl groups excluding tert-OH is 1. The average Bonchev–Trinajstić information content (AvgIpc) is 0.900. The van der Waals surface area contributed by atoms with Gasteiger partial charge < -0.3 is 33.8 Å². The van der Waals surface area contributed by atoms with Crippen LogP contribution in [0.15, 0.2) is 0 Å². The van der Waals surface area contributed by atoms with Crippen LogP contribution in [0, 0.1) is 11.8 Å². The minimum atomic E-state index is -4.97. The van der Waals surface area contributed by atoms with E-state index in [-0.39, 0.29) is 25.7 Å². The summed E-state index contributed by atoms with van der Waals surface area (Å²) in [6, 6.07) is 0. The summed E-state index contributed by atoms with van der Waals surface area (Å²) in [7, 11) is -9.93. The lowest BCUT2D eigenvalue weighted by Gasteiger charge is -2.21. The Morgan fingerprint density at radius 3 is 0.613 bits per heavy atom. The van der Waals surface area contributed by atoms with Gasteiger partial charge in [-0.2, -0.15) is 0 Å². The molecule has 111 heavy (non-hydrogen) atoms. The van der Waals surface area contributed by atoms with Gasteiger partial charge in [-0.3, -0.25) is 37.3 Å². The second kappa shape index (κ2) is 83.1. The first-order chi connectivity index (χ1) is 53.9. The van der Waals surface area contributed by atoms with E-state index < -0.39 is 97.5 Å². The summed E-state index contributed by atoms with van der Waals surface area (Å²) in [6.07, 6.45) is 78.2. The van der Waals surface area contributed by atoms with Crippen LogP contribution in [0.1, 0.15) is 497 Å². The van der Waals surface area contributed by atoms with E-state index in [0.29, 0.717) is 25.7 Å². The van der Waals surface area contributed by atoms with Gasteiger partial charge in [0.05, 0.1) is 26.4 Å². The summed E-state index contributed by atoms with van der Waals surface area (Å²) in [6.45, 7) is 9.73. The fourth-order valence-corrected chi connectivity index (χ4v) is 16.1. The molecule has 660 valence electrons. The molecule has 0 aromatic heterocycles. The van der Waals surface area contributed by atoms with E-state index in [1.54, 1.807) is 0 Å². The molecule has 2 unspecified atom stereocenters. The number of phosphoric acid groups is 2. The Balaban J connectivity index is 5.13. The van der Waals surface area contributed by atoms with Gasteiger partial charge in [-0.15, -0.1) is 0 Å². The second-order valence-corrected chi connectivity index (χ2v) is 36.9. The molecule has 0 aliphatic carbocycles. The van der Waals surface area contributed by atoms with Gasteiger partial charge in [0.15, 0.2) is 12.2 Å². The standard InChI is InChI=1S/C92H180O17P2/c1-7-9-11-13-15-16-17-18-19-20-21-22-23-24-32-37-42-47-52-58-65-71-77-92(97)109-88(81-103-90(95)75-69-63-57-51-46-41-36-31-27-25-29-34-39-44-49-55-60-66-72-84(3)4)83-107-111(100,101)105-79-86(93)78-104-110(98,99)106-82-87(80-102-89(94)74-68-62-54-14-12-10-8-2)108-91(96)76-70-64-59-53-48-43-38-33-28-26-30-35-40-45-50-56-61-67-73-85(5)6/h84-88,93H,7-83H2,1-6H3,(H,98,99)(H,100,101)/t86-,87+,88+/m0/s1. The van der Waals surface area contributed by atoms with Gasteiger partial charge in [-0.05, 0) is 37.5 Å². The molecule has 0 bridgehead atoms. The van der Waals surface area contributed by atoms with Crippen molar-refractivity contribution in [2.45, 2.75) is 516 Å². The maximum Gasteiger partial charge on any atom is 0.472 e. The van der Waals surface area contributed by atoms with Crippen LogP contribution in [-0.4, -0.2) is 96.7 Å². The van der Waals surface area contributed by atoms with E-state index in [1.807, 2.05) is 0 Å². The van der Waals surface area contributed by atoms with Crippen LogP contribution in [0.5, 0.6) is 0 Å². The lowest BCUT2D eigenvalue weighted by Crippen LogP contribution is -2.30. The Labute approximate surface area is 683 Å². The monoisotopic (exact) mass is 1620 g/mol. The third-order valence-electron chi connectivity index (χ3n) is 21.7. The van der Waals surface area contributed by atoms with Crippen LogP contribution in [0.2, 0.25) is 0 Å². The molecule has 0 saturated carbocycles. The van der Waals surface area contributed by atoms with Gasteiger partial charge in [-0.1, -0.05) is 446 Å². The van der Waals surface area contributed by atoms with Crippen molar-refractivity contribution >= 4 is 39.5 Å². The fraction of sp³-hybridized carbons (Fsp3) is 0.957. The molecule has 17 nitrogen and oxygen atoms in total. The SMILES string of the molecule is CCCCCCCCCCCCCCCCCCCCCCCCC(=O)O[C@H](COC(=O)CCCCCCCCCCCCCCCCCCCCC(C)C)COP(=O)(O)OC[C@@H](O)COP(=O)(O)OC[C@@H](COC(=O)CCCCCCCCC)OC(=O)CCCCCCCCCCCCCCCCCCCCC(C)C. The third kappa shape index (κ3) is 85.8. The zero-order chi connectivity index (χ0) is 81.3. The highest BCUT2D eigenvalue weighted by molar-refractivity contribution is 7.47. The summed E-state index contributed by atoms with van der Waals surface area (Å²) in [4.78, 5) is 73.2. The summed E-state index contributed by atoms with van der Waals surface area (Å²) in [5.41, 5.74) is 0. The van der Waals surface area contributed by atoms with Crippen molar-refractivity contribution in [1.82, 2.24) is 0 Å². The van der Waals surface area contributed by atoms with Crippen LogP contribution in [0.4, 0.5) is 0 Å². The molecule has 0 radical (unpaired) electrons. The topological polar surface area (TPSA) is 237 Å². The highest BCUT2D eigenvalue weighted by Gasteiger charge is 2.31. The van der Waals surface area contributed by atoms with Crippen LogP contribution < -0.4 is 0 Å². The normalized spacial score (nSPS) is 13.7. The number of unbranched alkanes of at least 4 members (excludes halogenated alkanes) is 61. The van der Waals surface area contributed by atoms with Gasteiger partial charge in [0.25, 0.3) is 0 Å². The Hall–Kier alpha value is -1.94. The fourth-order valence-electron chi connectivity index (χ4n) is 14.5. The first-order valence-corrected chi connectivity index (χ1v) is 50.5. The molecule has 0 aliphatic heterocycles. The molecule has 0 aromatic rings. The average molecular weight is 1620 g/mol. The number of phosphoric ester groups is 2. The molecule has 0 aliphatic rings. The van der Waals surface area contributed by atoms with Crippen LogP contribution >= 0.6 is 15.6 Å². The van der Waals surface area contributed by atoms with E-state index in [9.17, 15) is 43.2 Å². The predicted molar refractivity (Wildman–Crippen MR) is 460 cm³/mol. The lowest BCUT2D eigenvalue weighted by molar-refractivity contribution is -0.161. The zero-order valence-corrected chi connectivity index (χ0v) is 75.1. The number of esters is 4. The summed E-state index contributed by atoms with van der Waals surface area (Å²) < 4.78 is 68.9. The molecule has 19 heteroatoms. The molecule has 5 atom stereocenters. The molecular weight excluding hydrogens is 1440 g/mol. The molecule has 0 heterocycles. The number of rotatable bonds is 91. The van der Waals surface area contributed by atoms with Crippen LogP contribution in [-0.2, 0) is 65.4 Å². The van der Waals surface area contributed by atoms with E-state index in [4.69, 9.17) is 37.0 Å². The molecule has 0 spiro atoms. The van der Waals surface area contributed by atoms with Crippen molar-refractivity contribution in [3.05, 3.63) is 0 Å². The Kier molecular flexibility index (Phi) is 81.7. The van der Waals surface area contributed by atoms with Gasteiger partial charge in [0.2, 0.25) is 0 Å². The van der Waals surface area contributed by atoms with E-state index in [1.165, 1.54) is 302 Å². The number of hydrogen-bond donors (Lipinski definition) is 3. The first kappa shape index (κ1) is 109. The van der Waals surface area contributed by atoms with Gasteiger partial charge in [0, 0.05) is 25.7 Å². The summed E-state index contributed by atoms with van der Waals surface area (Å²) in [5.74, 6) is -0.457. The molecule has 0 saturated heterocycles. The number of hydrogen-bond acceptors (Lipinski definition) is 15. The highest BCUT2D eigenvalue weighted by atomic mass is 31.2. The molecule has 0 rings (SSSR count). The zero-order valence-electron chi connectivity index (χ0n) is 73.3. The van der Waals surface area contributed by atoms with Gasteiger partial charge in [0.1, 0.15) is 19.3 Å². The van der Waals surface area contributed by atoms with Gasteiger partial charge >= 0.3 is 39.5 Å². The molecule has 0 aromatic carbocycles. The minimum absolute atomic E-state index is 0.108. The number of ether oxygens (including phenoxy) is 4. The van der Waals surface area contributed by atoms with Crippen molar-refractivity contribution in [1.29, 1.82) is 0 Å². The number of carbonyl (C=O) groups is 4. The lowest BCUT2D eigenvalue weighted by atomic mass is 10.0. The third-order valence-corrected chi connectivity index (χ3v) is 23.6. The number of carbonyl (C=O) groups excluding carboxylic acids is 4. The maximum atomic E-state index is 13.2. The van der Waals surface area contributed by atoms with Crippen molar-refractivity contribution in [2.75, 3.05) is 39.6 Å². The Bertz CT molecular complexity index is 2120. The van der Waals surface area contributed by atoms with Crippen LogP contribution in [0.25, 0.3) is 0 Å². The molecular formula is C92H180O17P2. The van der Waals surface area contributed by atoms with Crippen molar-refractivity contribution < 1.29 is 80.2 Å².